The highest BCUT2D eigenvalue weighted by Gasteiger charge is 2.45. The van der Waals surface area contributed by atoms with Gasteiger partial charge in [0.1, 0.15) is 11.5 Å². The van der Waals surface area contributed by atoms with Crippen LogP contribution in [-0.4, -0.2) is 62.0 Å². The van der Waals surface area contributed by atoms with Crippen molar-refractivity contribution in [2.75, 3.05) is 26.8 Å². The third kappa shape index (κ3) is 14.3. The summed E-state index contributed by atoms with van der Waals surface area (Å²) < 4.78 is 32.5. The maximum absolute atomic E-state index is 11.0. The molecule has 0 aromatic heterocycles. The van der Waals surface area contributed by atoms with Gasteiger partial charge in [0.05, 0.1) is 11.4 Å². The Balaban J connectivity index is 2.60. The van der Waals surface area contributed by atoms with Crippen LogP contribution >= 0.6 is 0 Å². The Bertz CT molecular complexity index is 1030. The van der Waals surface area contributed by atoms with Gasteiger partial charge in [-0.15, -0.1) is 0 Å². The Morgan fingerprint density at radius 2 is 1.30 bits per heavy atom. The number of benzene rings is 1. The Labute approximate surface area is 292 Å². The molecule has 0 saturated heterocycles. The fourth-order valence-electron chi connectivity index (χ4n) is 6.59. The molecular weight excluding hydrogens is 637 g/mol. The molecule has 9 heteroatoms. The second kappa shape index (κ2) is 19.3. The monoisotopic (exact) mass is 708 g/mol. The van der Waals surface area contributed by atoms with Crippen LogP contribution in [0.2, 0.25) is 69.5 Å². The molecule has 2 rings (SSSR count). The number of aliphatic hydroxyl groups excluding tert-OH is 1. The first-order valence-electron chi connectivity index (χ1n) is 18.7. The van der Waals surface area contributed by atoms with Crippen molar-refractivity contribution in [3.05, 3.63) is 35.1 Å². The lowest BCUT2D eigenvalue weighted by Crippen LogP contribution is -2.49. The molecule has 1 aliphatic rings. The number of unbranched alkanes of at least 4 members (excludes halogenated alkanes) is 2. The lowest BCUT2D eigenvalue weighted by atomic mass is 9.70. The third-order valence-corrected chi connectivity index (χ3v) is 18.2. The van der Waals surface area contributed by atoms with Crippen LogP contribution in [0.1, 0.15) is 90.7 Å². The van der Waals surface area contributed by atoms with E-state index in [4.69, 9.17) is 23.4 Å². The summed E-state index contributed by atoms with van der Waals surface area (Å²) in [6.45, 7) is 29.6. The Kier molecular flexibility index (Phi) is 17.3. The molecule has 0 heterocycles. The van der Waals surface area contributed by atoms with Crippen molar-refractivity contribution in [2.24, 2.45) is 5.92 Å². The van der Waals surface area contributed by atoms with Gasteiger partial charge in [0.25, 0.3) is 0 Å². The summed E-state index contributed by atoms with van der Waals surface area (Å²) in [7, 11) is -4.35. The van der Waals surface area contributed by atoms with Crippen molar-refractivity contribution < 1.29 is 28.5 Å². The smallest absolute Gasteiger partial charge is 0.192 e. The second-order valence-corrected chi connectivity index (χ2v) is 32.6. The Hall–Kier alpha value is -1.11. The molecule has 2 atom stereocenters. The first-order valence-corrected chi connectivity index (χ1v) is 28.6. The zero-order valence-electron chi connectivity index (χ0n) is 32.5. The molecule has 272 valence electrons. The van der Waals surface area contributed by atoms with Gasteiger partial charge in [0, 0.05) is 47.3 Å². The minimum Gasteiger partial charge on any atom is -0.513 e. The zero-order valence-corrected chi connectivity index (χ0v) is 35.5. The minimum atomic E-state index is -1.91. The van der Waals surface area contributed by atoms with Gasteiger partial charge in [-0.3, -0.25) is 0 Å². The van der Waals surface area contributed by atoms with Crippen molar-refractivity contribution >= 4 is 24.5 Å². The van der Waals surface area contributed by atoms with Crippen LogP contribution < -0.4 is 9.47 Å². The fourth-order valence-corrected chi connectivity index (χ4v) is 11.3. The summed E-state index contributed by atoms with van der Waals surface area (Å²) in [4.78, 5) is 0. The molecule has 1 aromatic rings. The van der Waals surface area contributed by atoms with Gasteiger partial charge in [0.15, 0.2) is 21.9 Å². The number of aliphatic hydroxyl groups is 1. The van der Waals surface area contributed by atoms with Gasteiger partial charge in [-0.1, -0.05) is 79.8 Å². The van der Waals surface area contributed by atoms with E-state index >= 15 is 0 Å². The molecular formula is C38H72O6Si3. The van der Waals surface area contributed by atoms with E-state index in [0.29, 0.717) is 25.4 Å². The van der Waals surface area contributed by atoms with Crippen molar-refractivity contribution in [1.82, 2.24) is 0 Å². The average Bonchev–Trinajstić information content (AvgIpc) is 2.98. The van der Waals surface area contributed by atoms with Gasteiger partial charge in [-0.25, -0.2) is 0 Å². The predicted molar refractivity (Wildman–Crippen MR) is 207 cm³/mol. The van der Waals surface area contributed by atoms with Gasteiger partial charge in [0.2, 0.25) is 0 Å². The first kappa shape index (κ1) is 42.1. The fraction of sp³-hybridized carbons (Fsp3) is 0.789. The Morgan fingerprint density at radius 1 is 0.787 bits per heavy atom. The molecule has 0 unspecified atom stereocenters. The minimum absolute atomic E-state index is 0.131. The quantitative estimate of drug-likeness (QED) is 0.0693. The summed E-state index contributed by atoms with van der Waals surface area (Å²) in [5.41, 5.74) is 1.77. The molecule has 0 radical (unpaired) electrons. The van der Waals surface area contributed by atoms with E-state index in [1.807, 2.05) is 6.08 Å². The molecule has 1 aliphatic carbocycles. The second-order valence-electron chi connectivity index (χ2n) is 16.7. The van der Waals surface area contributed by atoms with E-state index < -0.39 is 30.1 Å². The molecule has 6 nitrogen and oxygen atoms in total. The van der Waals surface area contributed by atoms with Crippen LogP contribution in [0, 0.1) is 5.92 Å². The standard InChI is InChI=1S/C38H72O6Si3/c1-13-17-18-19-31-26-35(42-29-40-22-24-45(7,8)9)37(36(27-31)43-30-41-23-25-46(10,11)12)33-28-32(39)20-21-34(33)38(5,6)44-47(14-2,15-3)16-4/h26-28,33-34,39H,13-25,29-30H2,1-12H3/t33-,34-/m1/s1. The van der Waals surface area contributed by atoms with Crippen LogP contribution in [0.15, 0.2) is 24.0 Å². The zero-order chi connectivity index (χ0) is 35.3. The number of allylic oxidation sites excluding steroid dienone is 2. The molecule has 0 amide bonds. The SMILES string of the molecule is CCCCCc1cc(OCOCC[Si](C)(C)C)c([C@@H]2C=C(O)CC[C@H]2C(C)(C)O[Si](CC)(CC)CC)c(OCOCC[Si](C)(C)C)c1. The van der Waals surface area contributed by atoms with Crippen LogP contribution in [0.3, 0.4) is 0 Å². The molecule has 0 saturated carbocycles. The van der Waals surface area contributed by atoms with Crippen molar-refractivity contribution in [2.45, 2.75) is 161 Å². The van der Waals surface area contributed by atoms with E-state index in [2.05, 4.69) is 93.0 Å². The van der Waals surface area contributed by atoms with Gasteiger partial charge < -0.3 is 28.5 Å². The number of aryl methyl sites for hydroxylation is 1. The largest absolute Gasteiger partial charge is 0.513 e. The van der Waals surface area contributed by atoms with Gasteiger partial charge in [-0.2, -0.15) is 0 Å². The number of ether oxygens (including phenoxy) is 4. The van der Waals surface area contributed by atoms with Crippen LogP contribution in [-0.2, 0) is 20.3 Å². The lowest BCUT2D eigenvalue weighted by Gasteiger charge is -2.46. The highest BCUT2D eigenvalue weighted by Crippen LogP contribution is 2.50. The summed E-state index contributed by atoms with van der Waals surface area (Å²) >= 11 is 0. The van der Waals surface area contributed by atoms with Crippen LogP contribution in [0.4, 0.5) is 0 Å². The molecule has 1 N–H and O–H groups in total. The van der Waals surface area contributed by atoms with Crippen LogP contribution in [0.5, 0.6) is 11.5 Å². The highest BCUT2D eigenvalue weighted by atomic mass is 28.4. The third-order valence-electron chi connectivity index (χ3n) is 9.98. The van der Waals surface area contributed by atoms with E-state index in [0.717, 1.165) is 66.5 Å². The number of hydrogen-bond acceptors (Lipinski definition) is 6. The number of rotatable bonds is 23. The van der Waals surface area contributed by atoms with Crippen molar-refractivity contribution in [1.29, 1.82) is 0 Å². The van der Waals surface area contributed by atoms with Crippen molar-refractivity contribution in [3.8, 4) is 11.5 Å². The summed E-state index contributed by atoms with van der Waals surface area (Å²) in [6.07, 6.45) is 7.93. The molecule has 0 aliphatic heterocycles. The average molecular weight is 709 g/mol. The van der Waals surface area contributed by atoms with E-state index in [1.165, 1.54) is 18.4 Å². The summed E-state index contributed by atoms with van der Waals surface area (Å²) in [5, 5.41) is 11.0. The normalized spacial score (nSPS) is 17.9. The van der Waals surface area contributed by atoms with E-state index in [-0.39, 0.29) is 25.4 Å². The number of hydrogen-bond donors (Lipinski definition) is 1. The molecule has 1 aromatic carbocycles. The maximum Gasteiger partial charge on any atom is 0.192 e. The molecule has 0 bridgehead atoms. The summed E-state index contributed by atoms with van der Waals surface area (Å²) in [5.74, 6) is 1.98. The van der Waals surface area contributed by atoms with Gasteiger partial charge >= 0.3 is 0 Å². The molecule has 0 fully saturated rings. The van der Waals surface area contributed by atoms with Crippen molar-refractivity contribution in [3.63, 3.8) is 0 Å². The van der Waals surface area contributed by atoms with Crippen LogP contribution in [0.25, 0.3) is 0 Å². The first-order chi connectivity index (χ1) is 22.0. The highest BCUT2D eigenvalue weighted by molar-refractivity contribution is 6.76. The van der Waals surface area contributed by atoms with E-state index in [9.17, 15) is 5.11 Å². The van der Waals surface area contributed by atoms with E-state index in [1.54, 1.807) is 0 Å². The molecule has 47 heavy (non-hydrogen) atoms. The maximum atomic E-state index is 11.0. The molecule has 0 spiro atoms. The Morgan fingerprint density at radius 3 is 1.74 bits per heavy atom. The summed E-state index contributed by atoms with van der Waals surface area (Å²) in [6, 6.07) is 9.86. The topological polar surface area (TPSA) is 66.4 Å². The lowest BCUT2D eigenvalue weighted by molar-refractivity contribution is 0.00678. The van der Waals surface area contributed by atoms with Gasteiger partial charge in [-0.05, 0) is 93.0 Å². The predicted octanol–water partition coefficient (Wildman–Crippen LogP) is 11.5.